The number of thioether (sulfide) groups is 2. The predicted molar refractivity (Wildman–Crippen MR) is 90.8 cm³/mol. The minimum Gasteiger partial charge on any atom is -0.297 e. The van der Waals surface area contributed by atoms with Gasteiger partial charge in [-0.15, -0.1) is 0 Å². The topological polar surface area (TPSA) is 17.1 Å². The third-order valence-electron chi connectivity index (χ3n) is 3.64. The predicted octanol–water partition coefficient (Wildman–Crippen LogP) is 5.41. The van der Waals surface area contributed by atoms with Gasteiger partial charge in [0.15, 0.2) is 5.78 Å². The van der Waals surface area contributed by atoms with Gasteiger partial charge in [-0.2, -0.15) is 0 Å². The fourth-order valence-corrected chi connectivity index (χ4v) is 5.58. The van der Waals surface area contributed by atoms with E-state index in [-0.39, 0.29) is 4.08 Å². The Morgan fingerprint density at radius 2 is 1.29 bits per heavy atom. The van der Waals surface area contributed by atoms with Crippen LogP contribution >= 0.6 is 23.5 Å². The molecule has 0 atom stereocenters. The third kappa shape index (κ3) is 3.53. The lowest BCUT2D eigenvalue weighted by Gasteiger charge is -2.34. The molecule has 0 aromatic heterocycles. The summed E-state index contributed by atoms with van der Waals surface area (Å²) in [6.45, 7) is 0. The van der Waals surface area contributed by atoms with Crippen LogP contribution < -0.4 is 0 Å². The second kappa shape index (κ2) is 6.71. The van der Waals surface area contributed by atoms with E-state index in [1.54, 1.807) is 23.5 Å². The van der Waals surface area contributed by atoms with Crippen LogP contribution in [0.25, 0.3) is 0 Å². The van der Waals surface area contributed by atoms with Crippen LogP contribution in [0.5, 0.6) is 0 Å². The quantitative estimate of drug-likeness (QED) is 0.702. The van der Waals surface area contributed by atoms with Crippen molar-refractivity contribution < 1.29 is 4.79 Å². The van der Waals surface area contributed by atoms with E-state index in [9.17, 15) is 4.79 Å². The molecule has 1 saturated carbocycles. The fourth-order valence-electron chi connectivity index (χ4n) is 2.57. The highest BCUT2D eigenvalue weighted by Gasteiger charge is 2.41. The van der Waals surface area contributed by atoms with E-state index < -0.39 is 0 Å². The first-order valence-electron chi connectivity index (χ1n) is 7.30. The van der Waals surface area contributed by atoms with Crippen LogP contribution in [0.4, 0.5) is 0 Å². The van der Waals surface area contributed by atoms with Crippen molar-refractivity contribution in [2.24, 2.45) is 0 Å². The van der Waals surface area contributed by atoms with Gasteiger partial charge in [0, 0.05) is 16.2 Å². The molecule has 0 radical (unpaired) electrons. The number of rotatable bonds is 4. The third-order valence-corrected chi connectivity index (χ3v) is 6.68. The molecule has 108 valence electrons. The van der Waals surface area contributed by atoms with Crippen molar-refractivity contribution in [2.45, 2.75) is 39.6 Å². The van der Waals surface area contributed by atoms with Crippen LogP contribution in [0, 0.1) is 0 Å². The van der Waals surface area contributed by atoms with Gasteiger partial charge >= 0.3 is 0 Å². The number of hydrogen-bond donors (Lipinski definition) is 0. The smallest absolute Gasteiger partial charge is 0.159 e. The van der Waals surface area contributed by atoms with E-state index in [1.807, 2.05) is 36.4 Å². The zero-order valence-electron chi connectivity index (χ0n) is 11.8. The summed E-state index contributed by atoms with van der Waals surface area (Å²) in [5, 5.41) is 0. The van der Waals surface area contributed by atoms with E-state index in [0.29, 0.717) is 12.2 Å². The van der Waals surface area contributed by atoms with Crippen LogP contribution in [0.3, 0.4) is 0 Å². The van der Waals surface area contributed by atoms with Crippen LogP contribution in [0.1, 0.15) is 25.7 Å². The van der Waals surface area contributed by atoms with Gasteiger partial charge in [0.25, 0.3) is 0 Å². The molecule has 0 aliphatic heterocycles. The SMILES string of the molecule is O=C1CCCCC1(Sc1ccccc1)Sc1ccccc1. The average molecular weight is 314 g/mol. The zero-order chi connectivity index (χ0) is 14.5. The summed E-state index contributed by atoms with van der Waals surface area (Å²) in [6, 6.07) is 20.6. The van der Waals surface area contributed by atoms with Gasteiger partial charge in [-0.3, -0.25) is 4.79 Å². The molecule has 0 bridgehead atoms. The van der Waals surface area contributed by atoms with Crippen molar-refractivity contribution >= 4 is 29.3 Å². The standard InChI is InChI=1S/C18H18OS2/c19-17-13-7-8-14-18(17,20-15-9-3-1-4-10-15)21-16-11-5-2-6-12-16/h1-6,9-12H,7-8,13-14H2. The van der Waals surface area contributed by atoms with E-state index in [0.717, 1.165) is 19.3 Å². The largest absolute Gasteiger partial charge is 0.297 e. The lowest BCUT2D eigenvalue weighted by Crippen LogP contribution is -2.34. The second-order valence-electron chi connectivity index (χ2n) is 5.21. The van der Waals surface area contributed by atoms with E-state index in [2.05, 4.69) is 24.3 Å². The van der Waals surface area contributed by atoms with Crippen molar-refractivity contribution in [1.29, 1.82) is 0 Å². The molecule has 21 heavy (non-hydrogen) atoms. The van der Waals surface area contributed by atoms with Crippen molar-refractivity contribution in [1.82, 2.24) is 0 Å². The number of carbonyl (C=O) groups excluding carboxylic acids is 1. The van der Waals surface area contributed by atoms with Gasteiger partial charge in [0.1, 0.15) is 4.08 Å². The molecule has 1 nitrogen and oxygen atoms in total. The van der Waals surface area contributed by atoms with Crippen LogP contribution in [-0.4, -0.2) is 9.86 Å². The van der Waals surface area contributed by atoms with E-state index in [4.69, 9.17) is 0 Å². The van der Waals surface area contributed by atoms with Crippen molar-refractivity contribution in [3.63, 3.8) is 0 Å². The first-order valence-corrected chi connectivity index (χ1v) is 8.93. The molecule has 1 aliphatic rings. The Morgan fingerprint density at radius 1 is 0.762 bits per heavy atom. The maximum absolute atomic E-state index is 12.7. The summed E-state index contributed by atoms with van der Waals surface area (Å²) in [5.74, 6) is 0.386. The van der Waals surface area contributed by atoms with Crippen molar-refractivity contribution in [2.75, 3.05) is 0 Å². The summed E-state index contributed by atoms with van der Waals surface area (Å²) in [7, 11) is 0. The molecular weight excluding hydrogens is 296 g/mol. The molecule has 0 N–H and O–H groups in total. The van der Waals surface area contributed by atoms with Crippen molar-refractivity contribution in [3.8, 4) is 0 Å². The Balaban J connectivity index is 1.89. The summed E-state index contributed by atoms with van der Waals surface area (Å²) in [4.78, 5) is 15.0. The first-order chi connectivity index (χ1) is 10.3. The highest BCUT2D eigenvalue weighted by atomic mass is 32.2. The fraction of sp³-hybridized carbons (Fsp3) is 0.278. The van der Waals surface area contributed by atoms with Crippen LogP contribution in [0.15, 0.2) is 70.5 Å². The van der Waals surface area contributed by atoms with Crippen molar-refractivity contribution in [3.05, 3.63) is 60.7 Å². The van der Waals surface area contributed by atoms with Gasteiger partial charge in [-0.05, 0) is 37.1 Å². The summed E-state index contributed by atoms with van der Waals surface area (Å²) >= 11 is 3.46. The van der Waals surface area contributed by atoms with Crippen LogP contribution in [0.2, 0.25) is 0 Å². The number of hydrogen-bond acceptors (Lipinski definition) is 3. The summed E-state index contributed by atoms with van der Waals surface area (Å²) < 4.78 is -0.360. The molecule has 0 unspecified atom stereocenters. The number of Topliss-reactive ketones (excluding diaryl/α,β-unsaturated/α-hetero) is 1. The number of ketones is 1. The molecule has 2 aromatic rings. The molecule has 0 heterocycles. The Labute approximate surface area is 134 Å². The molecule has 0 spiro atoms. The Kier molecular flexibility index (Phi) is 4.71. The van der Waals surface area contributed by atoms with Gasteiger partial charge in [-0.25, -0.2) is 0 Å². The minimum atomic E-state index is -0.360. The maximum atomic E-state index is 12.7. The normalized spacial score (nSPS) is 17.6. The molecule has 0 amide bonds. The highest BCUT2D eigenvalue weighted by Crippen LogP contribution is 2.51. The Bertz CT molecular complexity index is 554. The molecule has 2 aromatic carbocycles. The zero-order valence-corrected chi connectivity index (χ0v) is 13.5. The average Bonchev–Trinajstić information content (AvgIpc) is 2.52. The minimum absolute atomic E-state index is 0.360. The lowest BCUT2D eigenvalue weighted by atomic mass is 9.98. The lowest BCUT2D eigenvalue weighted by molar-refractivity contribution is -0.120. The summed E-state index contributed by atoms with van der Waals surface area (Å²) in [6.07, 6.45) is 3.82. The Hall–Kier alpha value is -1.19. The van der Waals surface area contributed by atoms with Gasteiger partial charge in [-0.1, -0.05) is 66.3 Å². The second-order valence-corrected chi connectivity index (χ2v) is 8.22. The summed E-state index contributed by atoms with van der Waals surface area (Å²) in [5.41, 5.74) is 0. The van der Waals surface area contributed by atoms with Crippen LogP contribution in [-0.2, 0) is 4.79 Å². The van der Waals surface area contributed by atoms with E-state index in [1.165, 1.54) is 9.79 Å². The molecule has 3 rings (SSSR count). The van der Waals surface area contributed by atoms with Gasteiger partial charge in [0.05, 0.1) is 0 Å². The Morgan fingerprint density at radius 3 is 1.76 bits per heavy atom. The maximum Gasteiger partial charge on any atom is 0.159 e. The van der Waals surface area contributed by atoms with Gasteiger partial charge in [0.2, 0.25) is 0 Å². The number of carbonyl (C=O) groups is 1. The van der Waals surface area contributed by atoms with Gasteiger partial charge < -0.3 is 0 Å². The molecule has 1 aliphatic carbocycles. The first kappa shape index (κ1) is 14.7. The molecular formula is C18H18OS2. The van der Waals surface area contributed by atoms with E-state index >= 15 is 0 Å². The molecule has 0 saturated heterocycles. The molecule has 1 fully saturated rings. The number of benzene rings is 2. The monoisotopic (exact) mass is 314 g/mol. The molecule has 3 heteroatoms. The highest BCUT2D eigenvalue weighted by molar-refractivity contribution is 8.19.